The monoisotopic (exact) mass is 297 g/mol. The highest BCUT2D eigenvalue weighted by Crippen LogP contribution is 2.25. The Morgan fingerprint density at radius 3 is 2.68 bits per heavy atom. The number of carbonyl (C=O) groups excluding carboxylic acids is 1. The molecule has 1 N–H and O–H groups in total. The van der Waals surface area contributed by atoms with Crippen molar-refractivity contribution in [2.24, 2.45) is 5.92 Å². The Bertz CT molecular complexity index is 664. The summed E-state index contributed by atoms with van der Waals surface area (Å²) in [6.45, 7) is 7.43. The Morgan fingerprint density at radius 2 is 2.00 bits per heavy atom. The summed E-state index contributed by atoms with van der Waals surface area (Å²) >= 11 is 0. The molecular formula is C18H23N3O. The second kappa shape index (κ2) is 5.59. The first-order chi connectivity index (χ1) is 10.4. The number of anilines is 1. The molecule has 0 saturated carbocycles. The lowest BCUT2D eigenvalue weighted by atomic mass is 9.87. The van der Waals surface area contributed by atoms with E-state index in [0.717, 1.165) is 30.8 Å². The lowest BCUT2D eigenvalue weighted by Gasteiger charge is -2.23. The first-order valence-electron chi connectivity index (χ1n) is 7.84. The highest BCUT2D eigenvalue weighted by Gasteiger charge is 2.25. The molecule has 1 aromatic heterocycles. The summed E-state index contributed by atoms with van der Waals surface area (Å²) in [4.78, 5) is 16.6. The third kappa shape index (κ3) is 3.06. The smallest absolute Gasteiger partial charge is 0.227 e. The summed E-state index contributed by atoms with van der Waals surface area (Å²) in [6.07, 6.45) is 5.34. The van der Waals surface area contributed by atoms with E-state index in [1.54, 1.807) is 0 Å². The highest BCUT2D eigenvalue weighted by molar-refractivity contribution is 5.92. The van der Waals surface area contributed by atoms with Crippen molar-refractivity contribution in [2.75, 3.05) is 5.32 Å². The van der Waals surface area contributed by atoms with Gasteiger partial charge in [-0.05, 0) is 29.5 Å². The van der Waals surface area contributed by atoms with Gasteiger partial charge in [0, 0.05) is 36.5 Å². The zero-order valence-electron chi connectivity index (χ0n) is 13.5. The number of rotatable bonds is 2. The largest absolute Gasteiger partial charge is 0.335 e. The average Bonchev–Trinajstić information content (AvgIpc) is 2.94. The van der Waals surface area contributed by atoms with Gasteiger partial charge in [0.05, 0.1) is 6.33 Å². The van der Waals surface area contributed by atoms with Crippen molar-refractivity contribution < 1.29 is 4.79 Å². The molecule has 0 radical (unpaired) electrons. The van der Waals surface area contributed by atoms with Crippen molar-refractivity contribution >= 4 is 11.6 Å². The Kier molecular flexibility index (Phi) is 3.77. The van der Waals surface area contributed by atoms with Gasteiger partial charge in [-0.1, -0.05) is 32.9 Å². The van der Waals surface area contributed by atoms with E-state index < -0.39 is 0 Å². The maximum atomic E-state index is 12.4. The standard InChI is InChI=1S/C18H23N3O/c1-18(2,3)14-4-6-15(7-5-14)20-17(22)13-8-9-21-12-19-11-16(21)10-13/h4-7,11-13H,8-10H2,1-3H3,(H,20,22). The fraction of sp³-hybridized carbons (Fsp3) is 0.444. The van der Waals surface area contributed by atoms with Gasteiger partial charge in [0.2, 0.25) is 5.91 Å². The number of hydrogen-bond acceptors (Lipinski definition) is 2. The van der Waals surface area contributed by atoms with Crippen LogP contribution in [0.3, 0.4) is 0 Å². The van der Waals surface area contributed by atoms with Crippen LogP contribution in [0.1, 0.15) is 38.4 Å². The van der Waals surface area contributed by atoms with Crippen LogP contribution < -0.4 is 5.32 Å². The normalized spacial score (nSPS) is 17.9. The quantitative estimate of drug-likeness (QED) is 0.923. The average molecular weight is 297 g/mol. The van der Waals surface area contributed by atoms with Crippen LogP contribution in [0.15, 0.2) is 36.8 Å². The number of aromatic nitrogens is 2. The summed E-state index contributed by atoms with van der Waals surface area (Å²) in [5.41, 5.74) is 3.42. The molecule has 1 amide bonds. The number of amides is 1. The van der Waals surface area contributed by atoms with Gasteiger partial charge in [-0.15, -0.1) is 0 Å². The van der Waals surface area contributed by atoms with Crippen molar-refractivity contribution in [2.45, 2.75) is 45.6 Å². The Balaban J connectivity index is 1.65. The van der Waals surface area contributed by atoms with Crippen molar-refractivity contribution in [3.05, 3.63) is 48.0 Å². The maximum absolute atomic E-state index is 12.4. The fourth-order valence-electron chi connectivity index (χ4n) is 2.89. The SMILES string of the molecule is CC(C)(C)c1ccc(NC(=O)C2CCn3cncc3C2)cc1. The highest BCUT2D eigenvalue weighted by atomic mass is 16.1. The van der Waals surface area contributed by atoms with Gasteiger partial charge in [-0.3, -0.25) is 4.79 Å². The zero-order chi connectivity index (χ0) is 15.7. The molecule has 0 spiro atoms. The van der Waals surface area contributed by atoms with Crippen molar-refractivity contribution in [3.8, 4) is 0 Å². The molecule has 1 aromatic carbocycles. The van der Waals surface area contributed by atoms with Gasteiger partial charge in [0.1, 0.15) is 0 Å². The van der Waals surface area contributed by atoms with E-state index >= 15 is 0 Å². The van der Waals surface area contributed by atoms with Crippen LogP contribution in [-0.2, 0) is 23.2 Å². The van der Waals surface area contributed by atoms with Crippen LogP contribution >= 0.6 is 0 Å². The number of carbonyl (C=O) groups is 1. The van der Waals surface area contributed by atoms with E-state index in [1.807, 2.05) is 24.7 Å². The number of aryl methyl sites for hydroxylation is 1. The fourth-order valence-corrected chi connectivity index (χ4v) is 2.89. The minimum atomic E-state index is 0.0338. The molecule has 2 aromatic rings. The van der Waals surface area contributed by atoms with Crippen LogP contribution in [0.4, 0.5) is 5.69 Å². The topological polar surface area (TPSA) is 46.9 Å². The summed E-state index contributed by atoms with van der Waals surface area (Å²) < 4.78 is 2.13. The van der Waals surface area contributed by atoms with E-state index in [4.69, 9.17) is 0 Å². The minimum Gasteiger partial charge on any atom is -0.335 e. The molecule has 0 aliphatic carbocycles. The number of hydrogen-bond donors (Lipinski definition) is 1. The summed E-state index contributed by atoms with van der Waals surface area (Å²) in [5.74, 6) is 0.141. The zero-order valence-corrected chi connectivity index (χ0v) is 13.5. The van der Waals surface area contributed by atoms with Crippen LogP contribution in [0.25, 0.3) is 0 Å². The molecule has 1 aliphatic heterocycles. The Labute approximate surface area is 131 Å². The van der Waals surface area contributed by atoms with Gasteiger partial charge in [0.25, 0.3) is 0 Å². The molecule has 0 fully saturated rings. The van der Waals surface area contributed by atoms with E-state index in [-0.39, 0.29) is 17.2 Å². The van der Waals surface area contributed by atoms with Crippen molar-refractivity contribution in [1.29, 1.82) is 0 Å². The van der Waals surface area contributed by atoms with Gasteiger partial charge in [0.15, 0.2) is 0 Å². The third-order valence-corrected chi connectivity index (χ3v) is 4.36. The first kappa shape index (κ1) is 14.8. The van der Waals surface area contributed by atoms with Crippen LogP contribution in [-0.4, -0.2) is 15.5 Å². The molecule has 1 aliphatic rings. The summed E-state index contributed by atoms with van der Waals surface area (Å²) in [7, 11) is 0. The lowest BCUT2D eigenvalue weighted by molar-refractivity contribution is -0.120. The van der Waals surface area contributed by atoms with Gasteiger partial charge >= 0.3 is 0 Å². The molecule has 0 saturated heterocycles. The number of benzene rings is 1. The molecule has 1 unspecified atom stereocenters. The predicted octanol–water partition coefficient (Wildman–Crippen LogP) is 3.38. The van der Waals surface area contributed by atoms with E-state index in [2.05, 4.69) is 47.8 Å². The van der Waals surface area contributed by atoms with E-state index in [0.29, 0.717) is 0 Å². The molecular weight excluding hydrogens is 274 g/mol. The Hall–Kier alpha value is -2.10. The number of fused-ring (bicyclic) bond motifs is 1. The third-order valence-electron chi connectivity index (χ3n) is 4.36. The molecule has 116 valence electrons. The molecule has 1 atom stereocenters. The Morgan fingerprint density at radius 1 is 1.27 bits per heavy atom. The first-order valence-corrected chi connectivity index (χ1v) is 7.84. The summed E-state index contributed by atoms with van der Waals surface area (Å²) in [6, 6.07) is 8.16. The van der Waals surface area contributed by atoms with E-state index in [1.165, 1.54) is 5.56 Å². The van der Waals surface area contributed by atoms with Crippen molar-refractivity contribution in [1.82, 2.24) is 9.55 Å². The van der Waals surface area contributed by atoms with Crippen LogP contribution in [0.5, 0.6) is 0 Å². The maximum Gasteiger partial charge on any atom is 0.227 e. The number of imidazole rings is 1. The minimum absolute atomic E-state index is 0.0338. The predicted molar refractivity (Wildman–Crippen MR) is 87.8 cm³/mol. The number of nitrogens with zero attached hydrogens (tertiary/aromatic N) is 2. The second-order valence-corrected chi connectivity index (χ2v) is 7.08. The van der Waals surface area contributed by atoms with Gasteiger partial charge in [-0.25, -0.2) is 4.98 Å². The van der Waals surface area contributed by atoms with Crippen molar-refractivity contribution in [3.63, 3.8) is 0 Å². The molecule has 4 heteroatoms. The van der Waals surface area contributed by atoms with Gasteiger partial charge in [-0.2, -0.15) is 0 Å². The lowest BCUT2D eigenvalue weighted by Crippen LogP contribution is -2.29. The molecule has 4 nitrogen and oxygen atoms in total. The number of nitrogens with one attached hydrogen (secondary N) is 1. The van der Waals surface area contributed by atoms with Gasteiger partial charge < -0.3 is 9.88 Å². The molecule has 0 bridgehead atoms. The molecule has 22 heavy (non-hydrogen) atoms. The van der Waals surface area contributed by atoms with Crippen LogP contribution in [0.2, 0.25) is 0 Å². The molecule has 3 rings (SSSR count). The second-order valence-electron chi connectivity index (χ2n) is 7.08. The summed E-state index contributed by atoms with van der Waals surface area (Å²) in [5, 5.41) is 3.04. The van der Waals surface area contributed by atoms with E-state index in [9.17, 15) is 4.79 Å². The molecule has 2 heterocycles. The van der Waals surface area contributed by atoms with Crippen LogP contribution in [0, 0.1) is 5.92 Å².